The molecular formula is C22H18ClN5O2S. The Labute approximate surface area is 187 Å². The van der Waals surface area contributed by atoms with Crippen molar-refractivity contribution < 1.29 is 9.59 Å². The number of halogens is 1. The molecule has 1 aliphatic rings. The van der Waals surface area contributed by atoms with Crippen molar-refractivity contribution in [2.45, 2.75) is 6.54 Å². The second kappa shape index (κ2) is 9.30. The maximum atomic E-state index is 12.4. The van der Waals surface area contributed by atoms with Crippen LogP contribution in [0.2, 0.25) is 5.02 Å². The highest BCUT2D eigenvalue weighted by molar-refractivity contribution is 8.18. The number of amides is 2. The fourth-order valence-electron chi connectivity index (χ4n) is 3.01. The van der Waals surface area contributed by atoms with E-state index in [4.69, 9.17) is 17.3 Å². The molecule has 3 aromatic rings. The second-order valence-electron chi connectivity index (χ2n) is 6.79. The minimum absolute atomic E-state index is 0.0807. The summed E-state index contributed by atoms with van der Waals surface area (Å²) in [5.74, 6) is -0.646. The molecule has 0 radical (unpaired) electrons. The van der Waals surface area contributed by atoms with E-state index in [-0.39, 0.29) is 12.5 Å². The topological polar surface area (TPSA) is 109 Å². The number of hydrogen-bond donors (Lipinski definition) is 3. The molecule has 0 saturated carbocycles. The molecule has 2 heterocycles. The number of carbonyl (C=O) groups excluding carboxylic acids is 2. The fourth-order valence-corrected chi connectivity index (χ4v) is 4.00. The van der Waals surface area contributed by atoms with E-state index in [2.05, 4.69) is 20.6 Å². The number of hydrogen-bond acceptors (Lipinski definition) is 6. The number of fused-ring (bicyclic) bond motifs is 1. The molecule has 1 saturated heterocycles. The third kappa shape index (κ3) is 5.29. The number of carbonyl (C=O) groups is 2. The average Bonchev–Trinajstić information content (AvgIpc) is 3.08. The molecule has 1 aromatic heterocycles. The Morgan fingerprint density at radius 2 is 2.13 bits per heavy atom. The SMILES string of the molecule is NC(=O)CNCc1ccc(Cl)c(N=C2NC(=O)/C(=C/c3ccc4ncccc4c3)S2)c1. The molecule has 2 aromatic carbocycles. The Morgan fingerprint density at radius 3 is 2.97 bits per heavy atom. The lowest BCUT2D eigenvalue weighted by Gasteiger charge is -2.06. The van der Waals surface area contributed by atoms with E-state index in [1.165, 1.54) is 11.8 Å². The van der Waals surface area contributed by atoms with Crippen molar-refractivity contribution in [1.29, 1.82) is 0 Å². The lowest BCUT2D eigenvalue weighted by atomic mass is 10.1. The van der Waals surface area contributed by atoms with Gasteiger partial charge in [-0.25, -0.2) is 4.99 Å². The highest BCUT2D eigenvalue weighted by atomic mass is 35.5. The monoisotopic (exact) mass is 451 g/mol. The van der Waals surface area contributed by atoms with Crippen LogP contribution in [0.1, 0.15) is 11.1 Å². The standard InChI is InChI=1S/C22H18ClN5O2S/c23-16-5-3-14(11-25-12-20(24)29)9-18(16)27-22-28-21(30)19(31-22)10-13-4-6-17-15(8-13)2-1-7-26-17/h1-10,25H,11-12H2,(H2,24,29)(H,27,28,30)/b19-10-. The van der Waals surface area contributed by atoms with Crippen LogP contribution in [0, 0.1) is 0 Å². The zero-order chi connectivity index (χ0) is 21.8. The van der Waals surface area contributed by atoms with Crippen molar-refractivity contribution in [3.63, 3.8) is 0 Å². The van der Waals surface area contributed by atoms with Crippen LogP contribution in [0.5, 0.6) is 0 Å². The van der Waals surface area contributed by atoms with Gasteiger partial charge in [-0.15, -0.1) is 0 Å². The van der Waals surface area contributed by atoms with Crippen LogP contribution < -0.4 is 16.4 Å². The predicted octanol–water partition coefficient (Wildman–Crippen LogP) is 3.35. The maximum absolute atomic E-state index is 12.4. The molecular weight excluding hydrogens is 434 g/mol. The number of nitrogens with zero attached hydrogens (tertiary/aromatic N) is 2. The van der Waals surface area contributed by atoms with Crippen LogP contribution >= 0.6 is 23.4 Å². The molecule has 31 heavy (non-hydrogen) atoms. The van der Waals surface area contributed by atoms with Gasteiger partial charge >= 0.3 is 0 Å². The molecule has 9 heteroatoms. The van der Waals surface area contributed by atoms with E-state index < -0.39 is 5.91 Å². The summed E-state index contributed by atoms with van der Waals surface area (Å²) in [6, 6.07) is 15.0. The zero-order valence-electron chi connectivity index (χ0n) is 16.3. The predicted molar refractivity (Wildman–Crippen MR) is 125 cm³/mol. The van der Waals surface area contributed by atoms with Crippen LogP contribution in [0.4, 0.5) is 5.69 Å². The summed E-state index contributed by atoms with van der Waals surface area (Å²) in [6.07, 6.45) is 3.57. The molecule has 0 atom stereocenters. The summed E-state index contributed by atoms with van der Waals surface area (Å²) >= 11 is 7.52. The molecule has 156 valence electrons. The number of nitrogens with two attached hydrogens (primary N) is 1. The Morgan fingerprint density at radius 1 is 1.26 bits per heavy atom. The number of nitrogens with one attached hydrogen (secondary N) is 2. The van der Waals surface area contributed by atoms with Gasteiger partial charge in [0.1, 0.15) is 0 Å². The largest absolute Gasteiger partial charge is 0.369 e. The normalized spacial score (nSPS) is 16.2. The van der Waals surface area contributed by atoms with Crippen molar-refractivity contribution >= 4 is 63.0 Å². The first kappa shape index (κ1) is 21.0. The van der Waals surface area contributed by atoms with Gasteiger partial charge in [0.05, 0.1) is 27.7 Å². The third-order valence-electron chi connectivity index (χ3n) is 4.44. The maximum Gasteiger partial charge on any atom is 0.264 e. The molecule has 4 rings (SSSR count). The Hall–Kier alpha value is -3.20. The van der Waals surface area contributed by atoms with E-state index >= 15 is 0 Å². The summed E-state index contributed by atoms with van der Waals surface area (Å²) in [5, 5.41) is 7.62. The number of aromatic nitrogens is 1. The number of benzene rings is 2. The first-order valence-electron chi connectivity index (χ1n) is 9.40. The lowest BCUT2D eigenvalue weighted by Crippen LogP contribution is -2.28. The van der Waals surface area contributed by atoms with Crippen LogP contribution in [0.15, 0.2) is 64.6 Å². The van der Waals surface area contributed by atoms with Crippen LogP contribution in [0.25, 0.3) is 17.0 Å². The Balaban J connectivity index is 1.53. The van der Waals surface area contributed by atoms with Gasteiger partial charge in [-0.2, -0.15) is 0 Å². The molecule has 1 aliphatic heterocycles. The average molecular weight is 452 g/mol. The van der Waals surface area contributed by atoms with E-state index in [9.17, 15) is 9.59 Å². The lowest BCUT2D eigenvalue weighted by molar-refractivity contribution is -0.117. The quantitative estimate of drug-likeness (QED) is 0.498. The second-order valence-corrected chi connectivity index (χ2v) is 8.23. The highest BCUT2D eigenvalue weighted by Crippen LogP contribution is 2.32. The van der Waals surface area contributed by atoms with Gasteiger partial charge in [-0.3, -0.25) is 14.6 Å². The van der Waals surface area contributed by atoms with Gasteiger partial charge in [0.2, 0.25) is 5.91 Å². The first-order chi connectivity index (χ1) is 15.0. The molecule has 0 unspecified atom stereocenters. The van der Waals surface area contributed by atoms with Crippen molar-refractivity contribution in [2.75, 3.05) is 6.54 Å². The Bertz CT molecular complexity index is 1240. The van der Waals surface area contributed by atoms with Crippen molar-refractivity contribution in [2.24, 2.45) is 10.7 Å². The molecule has 0 aliphatic carbocycles. The minimum atomic E-state index is -0.429. The van der Waals surface area contributed by atoms with Gasteiger partial charge in [-0.1, -0.05) is 29.8 Å². The molecule has 4 N–H and O–H groups in total. The van der Waals surface area contributed by atoms with Crippen molar-refractivity contribution in [3.05, 3.63) is 75.8 Å². The summed E-state index contributed by atoms with van der Waals surface area (Å²) in [5.41, 5.74) is 8.35. The van der Waals surface area contributed by atoms with Gasteiger partial charge in [0, 0.05) is 18.1 Å². The summed E-state index contributed by atoms with van der Waals surface area (Å²) in [6.45, 7) is 0.525. The van der Waals surface area contributed by atoms with Crippen LogP contribution in [-0.2, 0) is 16.1 Å². The first-order valence-corrected chi connectivity index (χ1v) is 10.6. The number of aliphatic imine (C=N–C) groups is 1. The van der Waals surface area contributed by atoms with Gasteiger partial charge < -0.3 is 16.4 Å². The number of rotatable bonds is 6. The van der Waals surface area contributed by atoms with Gasteiger partial charge in [0.25, 0.3) is 5.91 Å². The number of pyridine rings is 1. The van der Waals surface area contributed by atoms with Gasteiger partial charge in [0.15, 0.2) is 5.17 Å². The summed E-state index contributed by atoms with van der Waals surface area (Å²) in [4.78, 5) is 32.6. The molecule has 0 bridgehead atoms. The van der Waals surface area contributed by atoms with E-state index in [0.29, 0.717) is 27.3 Å². The smallest absolute Gasteiger partial charge is 0.264 e. The van der Waals surface area contributed by atoms with E-state index in [1.807, 2.05) is 42.5 Å². The van der Waals surface area contributed by atoms with Crippen molar-refractivity contribution in [3.8, 4) is 0 Å². The number of primary amides is 1. The molecule has 0 spiro atoms. The van der Waals surface area contributed by atoms with Gasteiger partial charge in [-0.05, 0) is 59.3 Å². The molecule has 2 amide bonds. The number of thioether (sulfide) groups is 1. The fraction of sp³-hybridized carbons (Fsp3) is 0.0909. The van der Waals surface area contributed by atoms with E-state index in [1.54, 1.807) is 18.3 Å². The van der Waals surface area contributed by atoms with Crippen LogP contribution in [-0.4, -0.2) is 28.5 Å². The minimum Gasteiger partial charge on any atom is -0.369 e. The summed E-state index contributed by atoms with van der Waals surface area (Å²) < 4.78 is 0. The third-order valence-corrected chi connectivity index (χ3v) is 5.67. The van der Waals surface area contributed by atoms with E-state index in [0.717, 1.165) is 22.0 Å². The molecule has 7 nitrogen and oxygen atoms in total. The highest BCUT2D eigenvalue weighted by Gasteiger charge is 2.24. The van der Waals surface area contributed by atoms with Crippen LogP contribution in [0.3, 0.4) is 0 Å². The molecule has 1 fully saturated rings. The number of amidine groups is 1. The Kier molecular flexibility index (Phi) is 6.31. The summed E-state index contributed by atoms with van der Waals surface area (Å²) in [7, 11) is 0. The van der Waals surface area contributed by atoms with Crippen molar-refractivity contribution in [1.82, 2.24) is 15.6 Å². The zero-order valence-corrected chi connectivity index (χ0v) is 17.8.